The molecule has 0 amide bonds. The number of hydrogen-bond acceptors (Lipinski definition) is 5. The summed E-state index contributed by atoms with van der Waals surface area (Å²) in [5, 5.41) is 0. The van der Waals surface area contributed by atoms with E-state index in [2.05, 4.69) is 4.98 Å². The summed E-state index contributed by atoms with van der Waals surface area (Å²) in [5.41, 5.74) is 1.00. The standard InChI is InChI=1S/C14H18N2O4S/c1-5-6-21(19,20)7-10-15-11-12(16(10)4)14(18)9(3)8(2)13(11)17/h5-7H2,1-4H3. The van der Waals surface area contributed by atoms with Gasteiger partial charge in [-0.25, -0.2) is 13.4 Å². The molecule has 0 atom stereocenters. The van der Waals surface area contributed by atoms with Gasteiger partial charge in [-0.05, 0) is 20.3 Å². The van der Waals surface area contributed by atoms with Gasteiger partial charge in [0.25, 0.3) is 0 Å². The maximum absolute atomic E-state index is 12.3. The Kier molecular flexibility index (Phi) is 3.88. The number of nitrogens with zero attached hydrogens (tertiary/aromatic N) is 2. The van der Waals surface area contributed by atoms with E-state index >= 15 is 0 Å². The van der Waals surface area contributed by atoms with Crippen molar-refractivity contribution in [3.05, 3.63) is 28.4 Å². The minimum absolute atomic E-state index is 0.0583. The normalized spacial score (nSPS) is 15.6. The maximum atomic E-state index is 12.3. The van der Waals surface area contributed by atoms with Crippen molar-refractivity contribution in [2.45, 2.75) is 32.9 Å². The van der Waals surface area contributed by atoms with E-state index < -0.39 is 9.84 Å². The quantitative estimate of drug-likeness (QED) is 0.840. The Labute approximate surface area is 123 Å². The second-order valence-corrected chi connectivity index (χ2v) is 7.47. The molecule has 6 nitrogen and oxygen atoms in total. The Morgan fingerprint density at radius 1 is 1.10 bits per heavy atom. The third-order valence-electron chi connectivity index (χ3n) is 3.73. The fourth-order valence-corrected chi connectivity index (χ4v) is 3.79. The van der Waals surface area contributed by atoms with E-state index in [-0.39, 0.29) is 40.3 Å². The molecule has 0 spiro atoms. The van der Waals surface area contributed by atoms with Crippen LogP contribution in [0.1, 0.15) is 54.0 Å². The molecule has 21 heavy (non-hydrogen) atoms. The third kappa shape index (κ3) is 2.57. The first kappa shape index (κ1) is 15.6. The van der Waals surface area contributed by atoms with E-state index in [1.165, 1.54) is 4.57 Å². The van der Waals surface area contributed by atoms with E-state index in [0.717, 1.165) is 0 Å². The summed E-state index contributed by atoms with van der Waals surface area (Å²) in [4.78, 5) is 28.6. The number of Topliss-reactive ketones (excluding diaryl/α,β-unsaturated/α-hetero) is 2. The van der Waals surface area contributed by atoms with Crippen LogP contribution in [0.5, 0.6) is 0 Å². The molecule has 0 bridgehead atoms. The SMILES string of the molecule is CCCS(=O)(=O)Cc1nc2c(n1C)C(=O)C(C)=C(C)C2=O. The number of aromatic nitrogens is 2. The molecular weight excluding hydrogens is 292 g/mol. The Hall–Kier alpha value is -1.76. The predicted molar refractivity (Wildman–Crippen MR) is 78.0 cm³/mol. The van der Waals surface area contributed by atoms with Gasteiger partial charge in [-0.3, -0.25) is 9.59 Å². The van der Waals surface area contributed by atoms with E-state index in [1.54, 1.807) is 27.8 Å². The Morgan fingerprint density at radius 2 is 1.67 bits per heavy atom. The van der Waals surface area contributed by atoms with Crippen LogP contribution in [-0.2, 0) is 22.6 Å². The van der Waals surface area contributed by atoms with E-state index in [9.17, 15) is 18.0 Å². The molecule has 7 heteroatoms. The first-order chi connectivity index (χ1) is 9.69. The number of carbonyl (C=O) groups is 2. The number of carbonyl (C=O) groups excluding carboxylic acids is 2. The largest absolute Gasteiger partial charge is 0.327 e. The zero-order valence-corrected chi connectivity index (χ0v) is 13.4. The highest BCUT2D eigenvalue weighted by Crippen LogP contribution is 2.26. The van der Waals surface area contributed by atoms with Gasteiger partial charge in [0, 0.05) is 18.2 Å². The molecule has 0 unspecified atom stereocenters. The lowest BCUT2D eigenvalue weighted by atomic mass is 9.92. The zero-order chi connectivity index (χ0) is 15.9. The highest BCUT2D eigenvalue weighted by Gasteiger charge is 2.34. The average Bonchev–Trinajstić information content (AvgIpc) is 2.71. The van der Waals surface area contributed by atoms with Crippen LogP contribution in [0.25, 0.3) is 0 Å². The van der Waals surface area contributed by atoms with E-state index in [0.29, 0.717) is 17.6 Å². The molecule has 1 aliphatic carbocycles. The second kappa shape index (κ2) is 5.22. The van der Waals surface area contributed by atoms with Crippen LogP contribution in [0.2, 0.25) is 0 Å². The molecule has 1 aromatic rings. The lowest BCUT2D eigenvalue weighted by molar-refractivity contribution is 0.0967. The number of imidazole rings is 1. The Bertz CT molecular complexity index is 769. The number of ketones is 2. The zero-order valence-electron chi connectivity index (χ0n) is 12.6. The second-order valence-electron chi connectivity index (χ2n) is 5.28. The van der Waals surface area contributed by atoms with Crippen LogP contribution < -0.4 is 0 Å². The van der Waals surface area contributed by atoms with Gasteiger partial charge in [0.05, 0.1) is 5.75 Å². The van der Waals surface area contributed by atoms with Crippen molar-refractivity contribution in [3.8, 4) is 0 Å². The molecule has 0 saturated carbocycles. The monoisotopic (exact) mass is 310 g/mol. The third-order valence-corrected chi connectivity index (χ3v) is 5.45. The van der Waals surface area contributed by atoms with Crippen LogP contribution in [0, 0.1) is 0 Å². The van der Waals surface area contributed by atoms with Crippen LogP contribution in [0.15, 0.2) is 11.1 Å². The minimum Gasteiger partial charge on any atom is -0.327 e. The van der Waals surface area contributed by atoms with Gasteiger partial charge in [-0.2, -0.15) is 0 Å². The molecule has 1 aliphatic rings. The van der Waals surface area contributed by atoms with Crippen molar-refractivity contribution in [3.63, 3.8) is 0 Å². The van der Waals surface area contributed by atoms with Crippen molar-refractivity contribution in [1.29, 1.82) is 0 Å². The Morgan fingerprint density at radius 3 is 2.24 bits per heavy atom. The molecule has 1 aromatic heterocycles. The van der Waals surface area contributed by atoms with Crippen molar-refractivity contribution < 1.29 is 18.0 Å². The average molecular weight is 310 g/mol. The maximum Gasteiger partial charge on any atom is 0.209 e. The molecule has 0 N–H and O–H groups in total. The van der Waals surface area contributed by atoms with Gasteiger partial charge in [-0.1, -0.05) is 6.92 Å². The molecule has 0 saturated heterocycles. The molecule has 0 aliphatic heterocycles. The number of allylic oxidation sites excluding steroid dienone is 2. The lowest BCUT2D eigenvalue weighted by Crippen LogP contribution is -2.21. The number of sulfone groups is 1. The van der Waals surface area contributed by atoms with Gasteiger partial charge in [0.1, 0.15) is 23.0 Å². The summed E-state index contributed by atoms with van der Waals surface area (Å²) in [6, 6.07) is 0. The predicted octanol–water partition coefficient (Wildman–Crippen LogP) is 1.46. The molecule has 114 valence electrons. The van der Waals surface area contributed by atoms with Crippen molar-refractivity contribution >= 4 is 21.4 Å². The molecule has 0 fully saturated rings. The number of hydrogen-bond donors (Lipinski definition) is 0. The Balaban J connectivity index is 2.52. The first-order valence-electron chi connectivity index (χ1n) is 6.72. The van der Waals surface area contributed by atoms with Gasteiger partial charge in [0.15, 0.2) is 9.84 Å². The van der Waals surface area contributed by atoms with Crippen LogP contribution in [0.4, 0.5) is 0 Å². The summed E-state index contributed by atoms with van der Waals surface area (Å²) in [7, 11) is -1.72. The molecule has 1 heterocycles. The van der Waals surface area contributed by atoms with E-state index in [4.69, 9.17) is 0 Å². The van der Waals surface area contributed by atoms with Gasteiger partial charge in [-0.15, -0.1) is 0 Å². The number of rotatable bonds is 4. The van der Waals surface area contributed by atoms with Gasteiger partial charge >= 0.3 is 0 Å². The van der Waals surface area contributed by atoms with Crippen molar-refractivity contribution in [2.24, 2.45) is 7.05 Å². The molecule has 0 aromatic carbocycles. The smallest absolute Gasteiger partial charge is 0.209 e. The first-order valence-corrected chi connectivity index (χ1v) is 8.54. The number of fused-ring (bicyclic) bond motifs is 1. The summed E-state index contributed by atoms with van der Waals surface area (Å²) in [6.07, 6.45) is 0.518. The van der Waals surface area contributed by atoms with Gasteiger partial charge in [0.2, 0.25) is 11.6 Å². The molecule has 0 radical (unpaired) electrons. The summed E-state index contributed by atoms with van der Waals surface area (Å²) >= 11 is 0. The van der Waals surface area contributed by atoms with Crippen molar-refractivity contribution in [2.75, 3.05) is 5.75 Å². The topological polar surface area (TPSA) is 86.1 Å². The van der Waals surface area contributed by atoms with Crippen LogP contribution in [0.3, 0.4) is 0 Å². The summed E-state index contributed by atoms with van der Waals surface area (Å²) in [6.45, 7) is 4.96. The summed E-state index contributed by atoms with van der Waals surface area (Å²) in [5.74, 6) is -0.545. The lowest BCUT2D eigenvalue weighted by Gasteiger charge is -2.13. The van der Waals surface area contributed by atoms with E-state index in [1.807, 2.05) is 0 Å². The summed E-state index contributed by atoms with van der Waals surface area (Å²) < 4.78 is 25.3. The fraction of sp³-hybridized carbons (Fsp3) is 0.500. The molecular formula is C14H18N2O4S. The van der Waals surface area contributed by atoms with Crippen LogP contribution >= 0.6 is 0 Å². The highest BCUT2D eigenvalue weighted by molar-refractivity contribution is 7.90. The fourth-order valence-electron chi connectivity index (χ4n) is 2.37. The van der Waals surface area contributed by atoms with Gasteiger partial charge < -0.3 is 4.57 Å². The highest BCUT2D eigenvalue weighted by atomic mass is 32.2. The minimum atomic E-state index is -3.29. The van der Waals surface area contributed by atoms with Crippen LogP contribution in [-0.4, -0.2) is 35.3 Å². The van der Waals surface area contributed by atoms with Crippen molar-refractivity contribution in [1.82, 2.24) is 9.55 Å². The molecule has 2 rings (SSSR count).